The fraction of sp³-hybridized carbons (Fsp3) is 0.571. The Morgan fingerprint density at radius 1 is 1.18 bits per heavy atom. The van der Waals surface area contributed by atoms with Crippen LogP contribution in [0.4, 0.5) is 0 Å². The van der Waals surface area contributed by atoms with E-state index < -0.39 is 0 Å². The molecule has 1 N–H and O–H groups in total. The number of aryl methyl sites for hydroxylation is 1. The first-order valence-corrected chi connectivity index (χ1v) is 6.45. The standard InChI is InChI=1S/C14H19NO2/c1-10-7-13-14(17-6-2-5-16-13)8-12(10)11-3-4-15-9-11/h7-8,11,15H,2-6,9H2,1H3. The molecule has 1 aromatic rings. The van der Waals surface area contributed by atoms with Gasteiger partial charge in [-0.2, -0.15) is 0 Å². The predicted molar refractivity (Wildman–Crippen MR) is 67.0 cm³/mol. The van der Waals surface area contributed by atoms with E-state index in [9.17, 15) is 0 Å². The smallest absolute Gasteiger partial charge is 0.161 e. The number of fused-ring (bicyclic) bond motifs is 1. The zero-order chi connectivity index (χ0) is 11.7. The third-order valence-electron chi connectivity index (χ3n) is 3.64. The zero-order valence-electron chi connectivity index (χ0n) is 10.3. The Kier molecular flexibility index (Phi) is 2.93. The van der Waals surface area contributed by atoms with Crippen LogP contribution < -0.4 is 14.8 Å². The summed E-state index contributed by atoms with van der Waals surface area (Å²) in [4.78, 5) is 0. The van der Waals surface area contributed by atoms with Crippen molar-refractivity contribution in [3.63, 3.8) is 0 Å². The Labute approximate surface area is 102 Å². The van der Waals surface area contributed by atoms with E-state index in [1.807, 2.05) is 0 Å². The first-order chi connectivity index (χ1) is 8.34. The summed E-state index contributed by atoms with van der Waals surface area (Å²) in [7, 11) is 0. The first kappa shape index (κ1) is 10.9. The van der Waals surface area contributed by atoms with Crippen LogP contribution in [0.2, 0.25) is 0 Å². The molecule has 1 saturated heterocycles. The topological polar surface area (TPSA) is 30.5 Å². The summed E-state index contributed by atoms with van der Waals surface area (Å²) in [6.07, 6.45) is 2.19. The van der Waals surface area contributed by atoms with E-state index in [0.717, 1.165) is 44.2 Å². The molecule has 2 heterocycles. The van der Waals surface area contributed by atoms with Gasteiger partial charge in [0.2, 0.25) is 0 Å². The average molecular weight is 233 g/mol. The van der Waals surface area contributed by atoms with Crippen LogP contribution in [0.5, 0.6) is 11.5 Å². The normalized spacial score (nSPS) is 23.5. The maximum Gasteiger partial charge on any atom is 0.161 e. The van der Waals surface area contributed by atoms with Gasteiger partial charge < -0.3 is 14.8 Å². The van der Waals surface area contributed by atoms with Gasteiger partial charge in [-0.3, -0.25) is 0 Å². The molecule has 2 aliphatic rings. The molecule has 0 radical (unpaired) electrons. The van der Waals surface area contributed by atoms with Crippen LogP contribution in [0.25, 0.3) is 0 Å². The number of hydrogen-bond donors (Lipinski definition) is 1. The molecule has 2 aliphatic heterocycles. The summed E-state index contributed by atoms with van der Waals surface area (Å²) in [5, 5.41) is 3.42. The second kappa shape index (κ2) is 4.57. The van der Waals surface area contributed by atoms with Crippen molar-refractivity contribution in [2.75, 3.05) is 26.3 Å². The van der Waals surface area contributed by atoms with Crippen LogP contribution >= 0.6 is 0 Å². The number of nitrogens with one attached hydrogen (secondary N) is 1. The Morgan fingerprint density at radius 3 is 2.65 bits per heavy atom. The van der Waals surface area contributed by atoms with E-state index in [1.54, 1.807) is 0 Å². The van der Waals surface area contributed by atoms with Crippen molar-refractivity contribution in [3.8, 4) is 11.5 Å². The lowest BCUT2D eigenvalue weighted by atomic mass is 9.93. The highest BCUT2D eigenvalue weighted by Crippen LogP contribution is 2.36. The fourth-order valence-corrected chi connectivity index (χ4v) is 2.69. The minimum Gasteiger partial charge on any atom is -0.490 e. The molecule has 1 fully saturated rings. The molecular formula is C14H19NO2. The fourth-order valence-electron chi connectivity index (χ4n) is 2.69. The maximum absolute atomic E-state index is 5.76. The summed E-state index contributed by atoms with van der Waals surface area (Å²) < 4.78 is 11.5. The quantitative estimate of drug-likeness (QED) is 0.807. The van der Waals surface area contributed by atoms with E-state index in [4.69, 9.17) is 9.47 Å². The highest BCUT2D eigenvalue weighted by molar-refractivity contribution is 5.48. The van der Waals surface area contributed by atoms with Gasteiger partial charge in [0.05, 0.1) is 13.2 Å². The second-order valence-corrected chi connectivity index (χ2v) is 4.90. The molecule has 3 heteroatoms. The third kappa shape index (κ3) is 2.12. The number of rotatable bonds is 1. The van der Waals surface area contributed by atoms with Gasteiger partial charge in [0.25, 0.3) is 0 Å². The summed E-state index contributed by atoms with van der Waals surface area (Å²) in [6, 6.07) is 4.32. The molecule has 1 aromatic carbocycles. The monoisotopic (exact) mass is 233 g/mol. The molecule has 1 atom stereocenters. The van der Waals surface area contributed by atoms with Gasteiger partial charge >= 0.3 is 0 Å². The number of hydrogen-bond acceptors (Lipinski definition) is 3. The molecule has 3 nitrogen and oxygen atoms in total. The number of ether oxygens (including phenoxy) is 2. The van der Waals surface area contributed by atoms with Crippen molar-refractivity contribution in [1.82, 2.24) is 5.32 Å². The summed E-state index contributed by atoms with van der Waals surface area (Å²) in [5.41, 5.74) is 2.74. The first-order valence-electron chi connectivity index (χ1n) is 6.45. The Morgan fingerprint density at radius 2 is 1.94 bits per heavy atom. The van der Waals surface area contributed by atoms with E-state index in [-0.39, 0.29) is 0 Å². The molecule has 0 saturated carbocycles. The Hall–Kier alpha value is -1.22. The molecule has 17 heavy (non-hydrogen) atoms. The van der Waals surface area contributed by atoms with Gasteiger partial charge in [-0.1, -0.05) is 0 Å². The van der Waals surface area contributed by atoms with Crippen LogP contribution in [-0.4, -0.2) is 26.3 Å². The molecule has 3 rings (SSSR count). The second-order valence-electron chi connectivity index (χ2n) is 4.90. The highest BCUT2D eigenvalue weighted by Gasteiger charge is 2.21. The van der Waals surface area contributed by atoms with E-state index in [2.05, 4.69) is 24.4 Å². The van der Waals surface area contributed by atoms with Gasteiger partial charge in [0.1, 0.15) is 0 Å². The van der Waals surface area contributed by atoms with E-state index in [0.29, 0.717) is 5.92 Å². The van der Waals surface area contributed by atoms with Crippen molar-refractivity contribution >= 4 is 0 Å². The molecular weight excluding hydrogens is 214 g/mol. The SMILES string of the molecule is Cc1cc2c(cc1C1CCNC1)OCCCO2. The Bertz CT molecular complexity index is 411. The van der Waals surface area contributed by atoms with E-state index >= 15 is 0 Å². The predicted octanol–water partition coefficient (Wildman–Crippen LogP) is 2.23. The molecule has 1 unspecified atom stereocenters. The largest absolute Gasteiger partial charge is 0.490 e. The minimum absolute atomic E-state index is 0.632. The summed E-state index contributed by atoms with van der Waals surface area (Å²) in [6.45, 7) is 5.90. The molecule has 0 spiro atoms. The van der Waals surface area contributed by atoms with Gasteiger partial charge in [-0.25, -0.2) is 0 Å². The lowest BCUT2D eigenvalue weighted by Gasteiger charge is -2.16. The van der Waals surface area contributed by atoms with Crippen LogP contribution in [0.1, 0.15) is 29.9 Å². The maximum atomic E-state index is 5.76. The zero-order valence-corrected chi connectivity index (χ0v) is 10.3. The molecule has 92 valence electrons. The highest BCUT2D eigenvalue weighted by atomic mass is 16.5. The van der Waals surface area contributed by atoms with Gasteiger partial charge in [0, 0.05) is 13.0 Å². The van der Waals surface area contributed by atoms with Crippen molar-refractivity contribution in [2.45, 2.75) is 25.7 Å². The molecule has 0 amide bonds. The lowest BCUT2D eigenvalue weighted by molar-refractivity contribution is 0.297. The van der Waals surface area contributed by atoms with Crippen molar-refractivity contribution in [2.24, 2.45) is 0 Å². The van der Waals surface area contributed by atoms with Crippen LogP contribution in [0, 0.1) is 6.92 Å². The van der Waals surface area contributed by atoms with Crippen LogP contribution in [0.15, 0.2) is 12.1 Å². The summed E-state index contributed by atoms with van der Waals surface area (Å²) in [5.74, 6) is 2.47. The Balaban J connectivity index is 1.96. The van der Waals surface area contributed by atoms with Crippen LogP contribution in [0.3, 0.4) is 0 Å². The molecule has 0 bridgehead atoms. The molecule has 0 aromatic heterocycles. The van der Waals surface area contributed by atoms with Crippen molar-refractivity contribution < 1.29 is 9.47 Å². The molecule has 0 aliphatic carbocycles. The average Bonchev–Trinajstić information content (AvgIpc) is 2.75. The number of benzene rings is 1. The van der Waals surface area contributed by atoms with Gasteiger partial charge in [-0.15, -0.1) is 0 Å². The van der Waals surface area contributed by atoms with Gasteiger partial charge in [-0.05, 0) is 49.1 Å². The minimum atomic E-state index is 0.632. The third-order valence-corrected chi connectivity index (χ3v) is 3.64. The lowest BCUT2D eigenvalue weighted by Crippen LogP contribution is -2.09. The van der Waals surface area contributed by atoms with Gasteiger partial charge in [0.15, 0.2) is 11.5 Å². The van der Waals surface area contributed by atoms with Crippen LogP contribution in [-0.2, 0) is 0 Å². The summed E-state index contributed by atoms with van der Waals surface area (Å²) >= 11 is 0. The van der Waals surface area contributed by atoms with Crippen molar-refractivity contribution in [3.05, 3.63) is 23.3 Å². The van der Waals surface area contributed by atoms with Crippen molar-refractivity contribution in [1.29, 1.82) is 0 Å². The van der Waals surface area contributed by atoms with E-state index in [1.165, 1.54) is 17.5 Å².